The van der Waals surface area contributed by atoms with Crippen molar-refractivity contribution >= 4 is 5.91 Å². The lowest BCUT2D eigenvalue weighted by molar-refractivity contribution is -0.136. The molecule has 1 rings (SSSR count). The van der Waals surface area contributed by atoms with E-state index in [1.165, 1.54) is 0 Å². The third kappa shape index (κ3) is 2.95. The van der Waals surface area contributed by atoms with Gasteiger partial charge in [0.25, 0.3) is 0 Å². The summed E-state index contributed by atoms with van der Waals surface area (Å²) in [5.74, 6) is 0.259. The monoisotopic (exact) mass is 227 g/mol. The van der Waals surface area contributed by atoms with Gasteiger partial charge in [0, 0.05) is 20.1 Å². The molecule has 0 aliphatic heterocycles. The lowest BCUT2D eigenvalue weighted by atomic mass is 9.96. The first kappa shape index (κ1) is 13.5. The summed E-state index contributed by atoms with van der Waals surface area (Å²) in [5, 5.41) is 3.24. The zero-order chi connectivity index (χ0) is 12.2. The van der Waals surface area contributed by atoms with Crippen LogP contribution in [-0.4, -0.2) is 62.5 Å². The van der Waals surface area contributed by atoms with Crippen molar-refractivity contribution in [3.05, 3.63) is 0 Å². The van der Waals surface area contributed by atoms with Crippen LogP contribution in [0, 0.1) is 0 Å². The van der Waals surface area contributed by atoms with E-state index in [0.717, 1.165) is 38.8 Å². The molecule has 0 heterocycles. The third-order valence-electron chi connectivity index (χ3n) is 3.57. The van der Waals surface area contributed by atoms with Crippen LogP contribution in [0.15, 0.2) is 0 Å². The fraction of sp³-hybridized carbons (Fsp3) is 0.917. The van der Waals surface area contributed by atoms with Gasteiger partial charge in [-0.1, -0.05) is 12.8 Å². The van der Waals surface area contributed by atoms with Crippen LogP contribution in [0.25, 0.3) is 0 Å². The molecule has 0 aromatic carbocycles. The topological polar surface area (TPSA) is 35.6 Å². The maximum absolute atomic E-state index is 12.4. The molecule has 0 aromatic heterocycles. The molecule has 1 fully saturated rings. The minimum absolute atomic E-state index is 0.259. The Balaban J connectivity index is 2.54. The second kappa shape index (κ2) is 5.64. The van der Waals surface area contributed by atoms with Crippen LogP contribution in [0.2, 0.25) is 0 Å². The molecule has 0 spiro atoms. The Bertz CT molecular complexity index is 234. The van der Waals surface area contributed by atoms with Gasteiger partial charge in [-0.2, -0.15) is 0 Å². The van der Waals surface area contributed by atoms with E-state index in [4.69, 9.17) is 0 Å². The molecule has 0 atom stereocenters. The van der Waals surface area contributed by atoms with Crippen LogP contribution in [0.3, 0.4) is 0 Å². The number of carbonyl (C=O) groups excluding carboxylic acids is 1. The number of carbonyl (C=O) groups is 1. The average molecular weight is 227 g/mol. The van der Waals surface area contributed by atoms with Gasteiger partial charge >= 0.3 is 0 Å². The number of rotatable bonds is 5. The Morgan fingerprint density at radius 3 is 2.19 bits per heavy atom. The Morgan fingerprint density at radius 2 is 1.75 bits per heavy atom. The van der Waals surface area contributed by atoms with Crippen molar-refractivity contribution in [2.45, 2.75) is 31.2 Å². The second-order valence-electron chi connectivity index (χ2n) is 5.07. The summed E-state index contributed by atoms with van der Waals surface area (Å²) in [6, 6.07) is 0. The fourth-order valence-corrected chi connectivity index (χ4v) is 2.37. The average Bonchev–Trinajstić information content (AvgIpc) is 2.74. The Morgan fingerprint density at radius 1 is 1.19 bits per heavy atom. The molecule has 0 aromatic rings. The van der Waals surface area contributed by atoms with Gasteiger partial charge in [-0.05, 0) is 34.0 Å². The summed E-state index contributed by atoms with van der Waals surface area (Å²) < 4.78 is 0. The van der Waals surface area contributed by atoms with E-state index >= 15 is 0 Å². The van der Waals surface area contributed by atoms with E-state index in [9.17, 15) is 4.79 Å². The minimum atomic E-state index is -0.277. The minimum Gasteiger partial charge on any atom is -0.343 e. The van der Waals surface area contributed by atoms with E-state index in [1.807, 2.05) is 33.1 Å². The Labute approximate surface area is 99.0 Å². The summed E-state index contributed by atoms with van der Waals surface area (Å²) in [6.07, 6.45) is 4.28. The van der Waals surface area contributed by atoms with E-state index in [1.54, 1.807) is 0 Å². The first-order valence-corrected chi connectivity index (χ1v) is 6.11. The van der Waals surface area contributed by atoms with Crippen LogP contribution < -0.4 is 5.32 Å². The van der Waals surface area contributed by atoms with Crippen LogP contribution in [-0.2, 0) is 4.79 Å². The van der Waals surface area contributed by atoms with Crippen molar-refractivity contribution in [2.75, 3.05) is 41.3 Å². The van der Waals surface area contributed by atoms with Crippen LogP contribution in [0.5, 0.6) is 0 Å². The smallest absolute Gasteiger partial charge is 0.242 e. The van der Waals surface area contributed by atoms with E-state index in [-0.39, 0.29) is 11.4 Å². The number of nitrogens with one attached hydrogen (secondary N) is 1. The molecule has 0 radical (unpaired) electrons. The molecule has 1 N–H and O–H groups in total. The molecule has 1 saturated carbocycles. The Kier molecular flexibility index (Phi) is 4.74. The predicted octanol–water partition coefficient (Wildman–Crippen LogP) is 0.539. The summed E-state index contributed by atoms with van der Waals surface area (Å²) in [5.41, 5.74) is -0.277. The highest BCUT2D eigenvalue weighted by Gasteiger charge is 2.41. The number of hydrogen-bond acceptors (Lipinski definition) is 3. The first-order valence-electron chi connectivity index (χ1n) is 6.11. The summed E-state index contributed by atoms with van der Waals surface area (Å²) in [4.78, 5) is 16.3. The van der Waals surface area contributed by atoms with E-state index < -0.39 is 0 Å². The van der Waals surface area contributed by atoms with Gasteiger partial charge < -0.3 is 15.1 Å². The number of nitrogens with zero attached hydrogens (tertiary/aromatic N) is 2. The van der Waals surface area contributed by atoms with Crippen molar-refractivity contribution in [3.63, 3.8) is 0 Å². The highest BCUT2D eigenvalue weighted by molar-refractivity contribution is 5.86. The van der Waals surface area contributed by atoms with Gasteiger partial charge in [0.05, 0.1) is 5.54 Å². The lowest BCUT2D eigenvalue weighted by Gasteiger charge is -2.32. The fourth-order valence-electron chi connectivity index (χ4n) is 2.37. The second-order valence-corrected chi connectivity index (χ2v) is 5.07. The van der Waals surface area contributed by atoms with Gasteiger partial charge in [0.2, 0.25) is 5.91 Å². The normalized spacial score (nSPS) is 19.1. The van der Waals surface area contributed by atoms with Gasteiger partial charge in [-0.15, -0.1) is 0 Å². The Hall–Kier alpha value is -0.610. The molecule has 16 heavy (non-hydrogen) atoms. The zero-order valence-corrected chi connectivity index (χ0v) is 11.0. The number of hydrogen-bond donors (Lipinski definition) is 1. The van der Waals surface area contributed by atoms with Crippen molar-refractivity contribution < 1.29 is 4.79 Å². The van der Waals surface area contributed by atoms with Crippen molar-refractivity contribution in [2.24, 2.45) is 0 Å². The molecule has 94 valence electrons. The van der Waals surface area contributed by atoms with E-state index in [0.29, 0.717) is 0 Å². The maximum Gasteiger partial charge on any atom is 0.242 e. The third-order valence-corrected chi connectivity index (χ3v) is 3.57. The van der Waals surface area contributed by atoms with Crippen LogP contribution in [0.1, 0.15) is 25.7 Å². The standard InChI is InChI=1S/C12H25N3O/c1-13-12(7-5-6-8-12)11(16)15(4)10-9-14(2)3/h13H,5-10H2,1-4H3. The highest BCUT2D eigenvalue weighted by atomic mass is 16.2. The van der Waals surface area contributed by atoms with Gasteiger partial charge in [0.1, 0.15) is 0 Å². The molecule has 4 nitrogen and oxygen atoms in total. The van der Waals surface area contributed by atoms with Crippen molar-refractivity contribution in [1.29, 1.82) is 0 Å². The van der Waals surface area contributed by atoms with Gasteiger partial charge in [-0.25, -0.2) is 0 Å². The predicted molar refractivity (Wildman–Crippen MR) is 66.4 cm³/mol. The molecule has 1 amide bonds. The maximum atomic E-state index is 12.4. The molecular weight excluding hydrogens is 202 g/mol. The van der Waals surface area contributed by atoms with Crippen molar-refractivity contribution in [3.8, 4) is 0 Å². The molecule has 1 aliphatic rings. The summed E-state index contributed by atoms with van der Waals surface area (Å²) in [6.45, 7) is 1.72. The molecule has 0 bridgehead atoms. The number of amides is 1. The first-order chi connectivity index (χ1) is 7.52. The zero-order valence-electron chi connectivity index (χ0n) is 11.0. The molecule has 0 saturated heterocycles. The lowest BCUT2D eigenvalue weighted by Crippen LogP contribution is -2.55. The van der Waals surface area contributed by atoms with E-state index in [2.05, 4.69) is 10.2 Å². The quantitative estimate of drug-likeness (QED) is 0.744. The van der Waals surface area contributed by atoms with Crippen LogP contribution >= 0.6 is 0 Å². The molecule has 0 unspecified atom stereocenters. The molecule has 4 heteroatoms. The molecular formula is C12H25N3O. The highest BCUT2D eigenvalue weighted by Crippen LogP contribution is 2.30. The van der Waals surface area contributed by atoms with Crippen molar-refractivity contribution in [1.82, 2.24) is 15.1 Å². The summed E-state index contributed by atoms with van der Waals surface area (Å²) >= 11 is 0. The van der Waals surface area contributed by atoms with Gasteiger partial charge in [0.15, 0.2) is 0 Å². The summed E-state index contributed by atoms with van der Waals surface area (Å²) in [7, 11) is 7.87. The number of likely N-dealkylation sites (N-methyl/N-ethyl adjacent to an activating group) is 3. The molecule has 1 aliphatic carbocycles. The van der Waals surface area contributed by atoms with Crippen LogP contribution in [0.4, 0.5) is 0 Å². The largest absolute Gasteiger partial charge is 0.343 e. The SMILES string of the molecule is CNC1(C(=O)N(C)CCN(C)C)CCCC1. The van der Waals surface area contributed by atoms with Gasteiger partial charge in [-0.3, -0.25) is 4.79 Å².